The Labute approximate surface area is 158 Å². The van der Waals surface area contributed by atoms with Crippen LogP contribution < -0.4 is 0 Å². The van der Waals surface area contributed by atoms with Gasteiger partial charge in [0.25, 0.3) is 0 Å². The van der Waals surface area contributed by atoms with Crippen molar-refractivity contribution in [3.63, 3.8) is 0 Å². The van der Waals surface area contributed by atoms with Gasteiger partial charge in [0.2, 0.25) is 0 Å². The van der Waals surface area contributed by atoms with E-state index in [2.05, 4.69) is 23.3 Å². The highest BCUT2D eigenvalue weighted by Crippen LogP contribution is 2.32. The molecule has 3 aromatic rings. The molecule has 0 amide bonds. The second-order valence-electron chi connectivity index (χ2n) is 6.87. The molecule has 0 unspecified atom stereocenters. The maximum absolute atomic E-state index is 14.5. The number of benzene rings is 2. The lowest BCUT2D eigenvalue weighted by Gasteiger charge is -2.19. The van der Waals surface area contributed by atoms with Crippen molar-refractivity contribution in [3.8, 4) is 0 Å². The molecule has 0 N–H and O–H groups in total. The summed E-state index contributed by atoms with van der Waals surface area (Å²) in [5.41, 5.74) is 2.39. The molecule has 27 heavy (non-hydrogen) atoms. The lowest BCUT2D eigenvalue weighted by Crippen LogP contribution is -2.27. The normalized spacial score (nSPS) is 11.6. The molecule has 0 saturated heterocycles. The SMILES string of the molecule is CCN(CC)CCn1c2ccc(C(C)=O)cc2c2cc(C(C)=O)c(F)cc21. The Kier molecular flexibility index (Phi) is 5.42. The Hall–Kier alpha value is -2.53. The van der Waals surface area contributed by atoms with Crippen LogP contribution in [0.4, 0.5) is 4.39 Å². The average Bonchev–Trinajstić information content (AvgIpc) is 2.93. The lowest BCUT2D eigenvalue weighted by atomic mass is 10.0. The highest BCUT2D eigenvalue weighted by molar-refractivity contribution is 6.12. The highest BCUT2D eigenvalue weighted by Gasteiger charge is 2.17. The summed E-state index contributed by atoms with van der Waals surface area (Å²) in [4.78, 5) is 25.9. The van der Waals surface area contributed by atoms with Crippen molar-refractivity contribution in [2.75, 3.05) is 19.6 Å². The Balaban J connectivity index is 2.26. The van der Waals surface area contributed by atoms with Crippen LogP contribution in [0.25, 0.3) is 21.8 Å². The zero-order valence-electron chi connectivity index (χ0n) is 16.3. The largest absolute Gasteiger partial charge is 0.339 e. The second kappa shape index (κ2) is 7.61. The minimum atomic E-state index is -0.506. The summed E-state index contributed by atoms with van der Waals surface area (Å²) in [6.45, 7) is 10.6. The van der Waals surface area contributed by atoms with Crippen LogP contribution in [0.15, 0.2) is 30.3 Å². The van der Waals surface area contributed by atoms with Crippen molar-refractivity contribution >= 4 is 33.4 Å². The van der Waals surface area contributed by atoms with Crippen molar-refractivity contribution in [1.29, 1.82) is 0 Å². The number of likely N-dealkylation sites (N-methyl/N-ethyl adjacent to an activating group) is 1. The molecule has 0 aliphatic heterocycles. The number of nitrogens with zero attached hydrogens (tertiary/aromatic N) is 2. The van der Waals surface area contributed by atoms with Gasteiger partial charge < -0.3 is 9.47 Å². The number of halogens is 1. The van der Waals surface area contributed by atoms with Crippen LogP contribution >= 0.6 is 0 Å². The first kappa shape index (κ1) is 19.2. The van der Waals surface area contributed by atoms with Crippen molar-refractivity contribution < 1.29 is 14.0 Å². The van der Waals surface area contributed by atoms with Crippen LogP contribution in [-0.2, 0) is 6.54 Å². The van der Waals surface area contributed by atoms with Crippen LogP contribution in [0.5, 0.6) is 0 Å². The van der Waals surface area contributed by atoms with Crippen LogP contribution in [0.2, 0.25) is 0 Å². The summed E-state index contributed by atoms with van der Waals surface area (Å²) >= 11 is 0. The van der Waals surface area contributed by atoms with Gasteiger partial charge in [0.05, 0.1) is 11.1 Å². The summed E-state index contributed by atoms with van der Waals surface area (Å²) in [7, 11) is 0. The predicted molar refractivity (Wildman–Crippen MR) is 107 cm³/mol. The van der Waals surface area contributed by atoms with E-state index >= 15 is 0 Å². The minimum Gasteiger partial charge on any atom is -0.339 e. The Morgan fingerprint density at radius 3 is 2.22 bits per heavy atom. The number of fused-ring (bicyclic) bond motifs is 3. The van der Waals surface area contributed by atoms with E-state index < -0.39 is 5.82 Å². The number of ketones is 2. The molecule has 4 nitrogen and oxygen atoms in total. The van der Waals surface area contributed by atoms with Gasteiger partial charge in [0.15, 0.2) is 11.6 Å². The van der Waals surface area contributed by atoms with Crippen molar-refractivity contribution in [1.82, 2.24) is 9.47 Å². The molecule has 1 aromatic heterocycles. The van der Waals surface area contributed by atoms with Gasteiger partial charge in [-0.05, 0) is 57.3 Å². The summed E-state index contributed by atoms with van der Waals surface area (Å²) in [5.74, 6) is -0.829. The quantitative estimate of drug-likeness (QED) is 0.569. The monoisotopic (exact) mass is 368 g/mol. The smallest absolute Gasteiger partial charge is 0.162 e. The van der Waals surface area contributed by atoms with Crippen LogP contribution in [0.3, 0.4) is 0 Å². The molecular formula is C22H25FN2O2. The van der Waals surface area contributed by atoms with E-state index in [9.17, 15) is 14.0 Å². The lowest BCUT2D eigenvalue weighted by molar-refractivity contribution is 0.100. The summed E-state index contributed by atoms with van der Waals surface area (Å²) in [6, 6.07) is 8.63. The fourth-order valence-electron chi connectivity index (χ4n) is 3.63. The van der Waals surface area contributed by atoms with Gasteiger partial charge in [-0.2, -0.15) is 0 Å². The van der Waals surface area contributed by atoms with Gasteiger partial charge in [-0.1, -0.05) is 13.8 Å². The number of carbonyl (C=O) groups excluding carboxylic acids is 2. The predicted octanol–water partition coefficient (Wildman–Crippen LogP) is 4.68. The van der Waals surface area contributed by atoms with E-state index in [1.54, 1.807) is 12.1 Å². The first-order valence-corrected chi connectivity index (χ1v) is 9.37. The van der Waals surface area contributed by atoms with E-state index in [4.69, 9.17) is 0 Å². The molecule has 142 valence electrons. The molecule has 0 spiro atoms. The molecule has 0 radical (unpaired) electrons. The molecule has 2 aromatic carbocycles. The van der Waals surface area contributed by atoms with Crippen molar-refractivity contribution in [2.45, 2.75) is 34.2 Å². The van der Waals surface area contributed by atoms with Crippen molar-refractivity contribution in [2.24, 2.45) is 0 Å². The topological polar surface area (TPSA) is 42.3 Å². The molecule has 0 aliphatic rings. The van der Waals surface area contributed by atoms with E-state index in [0.29, 0.717) is 12.1 Å². The zero-order valence-corrected chi connectivity index (χ0v) is 16.3. The number of rotatable bonds is 7. The first-order valence-electron chi connectivity index (χ1n) is 9.37. The van der Waals surface area contributed by atoms with Crippen molar-refractivity contribution in [3.05, 3.63) is 47.3 Å². The summed E-state index contributed by atoms with van der Waals surface area (Å²) in [6.07, 6.45) is 0. The maximum atomic E-state index is 14.5. The average molecular weight is 368 g/mol. The highest BCUT2D eigenvalue weighted by atomic mass is 19.1. The molecule has 0 aliphatic carbocycles. The van der Waals surface area contributed by atoms with Gasteiger partial charge in [0.1, 0.15) is 5.82 Å². The van der Waals surface area contributed by atoms with Gasteiger partial charge >= 0.3 is 0 Å². The molecule has 3 rings (SSSR count). The van der Waals surface area contributed by atoms with Gasteiger partial charge in [-0.3, -0.25) is 9.59 Å². The molecular weight excluding hydrogens is 343 g/mol. The Morgan fingerprint density at radius 2 is 1.63 bits per heavy atom. The molecule has 0 atom stereocenters. The first-order chi connectivity index (χ1) is 12.9. The third-order valence-electron chi connectivity index (χ3n) is 5.27. The van der Waals surface area contributed by atoms with E-state index in [1.807, 2.05) is 12.1 Å². The minimum absolute atomic E-state index is 0.0187. The number of aromatic nitrogens is 1. The fourth-order valence-corrected chi connectivity index (χ4v) is 3.63. The van der Waals surface area contributed by atoms with Gasteiger partial charge in [-0.15, -0.1) is 0 Å². The third kappa shape index (κ3) is 3.52. The molecule has 0 fully saturated rings. The number of carbonyl (C=O) groups is 2. The maximum Gasteiger partial charge on any atom is 0.162 e. The zero-order chi connectivity index (χ0) is 19.7. The number of Topliss-reactive ketones (excluding diaryl/α,β-unsaturated/α-hetero) is 2. The Bertz CT molecular complexity index is 1030. The van der Waals surface area contributed by atoms with Gasteiger partial charge in [-0.25, -0.2) is 4.39 Å². The molecule has 1 heterocycles. The van der Waals surface area contributed by atoms with Gasteiger partial charge in [0, 0.05) is 34.9 Å². The fraction of sp³-hybridized carbons (Fsp3) is 0.364. The number of hydrogen-bond donors (Lipinski definition) is 0. The van der Waals surface area contributed by atoms with Crippen LogP contribution in [0, 0.1) is 5.82 Å². The Morgan fingerprint density at radius 1 is 0.963 bits per heavy atom. The molecule has 5 heteroatoms. The number of hydrogen-bond acceptors (Lipinski definition) is 3. The molecule has 0 bridgehead atoms. The summed E-state index contributed by atoms with van der Waals surface area (Å²) < 4.78 is 16.6. The third-order valence-corrected chi connectivity index (χ3v) is 5.27. The second-order valence-corrected chi connectivity index (χ2v) is 6.87. The summed E-state index contributed by atoms with van der Waals surface area (Å²) in [5, 5.41) is 1.68. The standard InChI is InChI=1S/C22H25FN2O2/c1-5-24(6-2)9-10-25-21-8-7-16(14(3)26)11-18(21)19-12-17(15(4)27)20(23)13-22(19)25/h7-8,11-13H,5-6,9-10H2,1-4H3. The molecule has 0 saturated carbocycles. The van der Waals surface area contributed by atoms with Crippen LogP contribution in [-0.4, -0.2) is 40.7 Å². The van der Waals surface area contributed by atoms with E-state index in [-0.39, 0.29) is 17.1 Å². The van der Waals surface area contributed by atoms with E-state index in [1.165, 1.54) is 19.9 Å². The van der Waals surface area contributed by atoms with E-state index in [0.717, 1.165) is 41.4 Å². The van der Waals surface area contributed by atoms with Crippen LogP contribution in [0.1, 0.15) is 48.4 Å².